The van der Waals surface area contributed by atoms with Crippen LogP contribution in [-0.2, 0) is 6.42 Å². The van der Waals surface area contributed by atoms with Gasteiger partial charge in [-0.1, -0.05) is 6.92 Å². The third kappa shape index (κ3) is 2.35. The molecule has 0 aliphatic rings. The second kappa shape index (κ2) is 5.15. The molecule has 0 radical (unpaired) electrons. The Labute approximate surface area is 86.5 Å². The fourth-order valence-corrected chi connectivity index (χ4v) is 1.61. The fourth-order valence-electron chi connectivity index (χ4n) is 1.61. The molecule has 3 heteroatoms. The summed E-state index contributed by atoms with van der Waals surface area (Å²) < 4.78 is 2.27. The Hall–Kier alpha value is -0.830. The maximum absolute atomic E-state index is 4.38. The van der Waals surface area contributed by atoms with Gasteiger partial charge in [-0.25, -0.2) is 4.98 Å². The number of aryl methyl sites for hydroxylation is 1. The molecule has 1 heterocycles. The summed E-state index contributed by atoms with van der Waals surface area (Å²) in [6, 6.07) is 0.934. The Bertz CT molecular complexity index is 267. The summed E-state index contributed by atoms with van der Waals surface area (Å²) in [6.07, 6.45) is 6.18. The van der Waals surface area contributed by atoms with E-state index in [1.807, 2.05) is 13.2 Å². The van der Waals surface area contributed by atoms with Gasteiger partial charge in [0, 0.05) is 30.9 Å². The van der Waals surface area contributed by atoms with Gasteiger partial charge in [0.15, 0.2) is 0 Å². The van der Waals surface area contributed by atoms with Gasteiger partial charge in [-0.2, -0.15) is 0 Å². The van der Waals surface area contributed by atoms with E-state index in [1.165, 1.54) is 5.82 Å². The molecule has 0 aliphatic carbocycles. The van der Waals surface area contributed by atoms with E-state index < -0.39 is 0 Å². The highest BCUT2D eigenvalue weighted by Gasteiger charge is 2.14. The van der Waals surface area contributed by atoms with Crippen molar-refractivity contribution in [2.45, 2.75) is 45.7 Å². The molecule has 2 atom stereocenters. The van der Waals surface area contributed by atoms with E-state index in [0.29, 0.717) is 12.1 Å². The predicted molar refractivity (Wildman–Crippen MR) is 59.5 cm³/mol. The van der Waals surface area contributed by atoms with Crippen LogP contribution in [0.5, 0.6) is 0 Å². The third-order valence-electron chi connectivity index (χ3n) is 2.84. The van der Waals surface area contributed by atoms with Crippen LogP contribution in [0.15, 0.2) is 12.4 Å². The smallest absolute Gasteiger partial charge is 0.108 e. The molecule has 0 fully saturated rings. The van der Waals surface area contributed by atoms with Crippen LogP contribution in [0.4, 0.5) is 0 Å². The van der Waals surface area contributed by atoms with Crippen molar-refractivity contribution in [2.75, 3.05) is 7.05 Å². The molecule has 80 valence electrons. The monoisotopic (exact) mass is 195 g/mol. The number of hydrogen-bond donors (Lipinski definition) is 1. The standard InChI is InChI=1S/C11H21N3/c1-5-6-11-13-7-8-14(11)10(3)9(2)12-4/h7-10,12H,5-6H2,1-4H3. The molecule has 0 aromatic carbocycles. The Morgan fingerprint density at radius 1 is 1.50 bits per heavy atom. The van der Waals surface area contributed by atoms with Crippen LogP contribution in [0, 0.1) is 0 Å². The van der Waals surface area contributed by atoms with E-state index >= 15 is 0 Å². The first-order valence-corrected chi connectivity index (χ1v) is 5.39. The maximum Gasteiger partial charge on any atom is 0.108 e. The van der Waals surface area contributed by atoms with E-state index in [4.69, 9.17) is 0 Å². The molecule has 1 rings (SSSR count). The lowest BCUT2D eigenvalue weighted by molar-refractivity contribution is 0.403. The van der Waals surface area contributed by atoms with Gasteiger partial charge in [0.1, 0.15) is 5.82 Å². The van der Waals surface area contributed by atoms with Crippen molar-refractivity contribution in [3.05, 3.63) is 18.2 Å². The number of nitrogens with zero attached hydrogens (tertiary/aromatic N) is 2. The van der Waals surface area contributed by atoms with Gasteiger partial charge in [-0.3, -0.25) is 0 Å². The summed E-state index contributed by atoms with van der Waals surface area (Å²) in [6.45, 7) is 6.60. The Kier molecular flexibility index (Phi) is 4.14. The summed E-state index contributed by atoms with van der Waals surface area (Å²) in [5.41, 5.74) is 0. The van der Waals surface area contributed by atoms with Gasteiger partial charge in [0.2, 0.25) is 0 Å². The number of likely N-dealkylation sites (N-methyl/N-ethyl adjacent to an activating group) is 1. The van der Waals surface area contributed by atoms with Crippen LogP contribution in [0.1, 0.15) is 39.1 Å². The minimum Gasteiger partial charge on any atom is -0.331 e. The van der Waals surface area contributed by atoms with Crippen molar-refractivity contribution in [2.24, 2.45) is 0 Å². The first kappa shape index (κ1) is 11.2. The first-order chi connectivity index (χ1) is 6.70. The quantitative estimate of drug-likeness (QED) is 0.779. The van der Waals surface area contributed by atoms with Crippen LogP contribution in [0.2, 0.25) is 0 Å². The highest BCUT2D eigenvalue weighted by Crippen LogP contribution is 2.14. The zero-order chi connectivity index (χ0) is 10.6. The molecule has 0 spiro atoms. The molecule has 0 aliphatic heterocycles. The number of imidazole rings is 1. The number of nitrogens with one attached hydrogen (secondary N) is 1. The lowest BCUT2D eigenvalue weighted by Crippen LogP contribution is -2.31. The Balaban J connectivity index is 2.77. The van der Waals surface area contributed by atoms with Crippen molar-refractivity contribution in [3.8, 4) is 0 Å². The second-order valence-electron chi connectivity index (χ2n) is 3.82. The van der Waals surface area contributed by atoms with Crippen molar-refractivity contribution < 1.29 is 0 Å². The van der Waals surface area contributed by atoms with Crippen molar-refractivity contribution in [1.82, 2.24) is 14.9 Å². The summed E-state index contributed by atoms with van der Waals surface area (Å²) in [5, 5.41) is 3.27. The zero-order valence-electron chi connectivity index (χ0n) is 9.62. The molecule has 0 bridgehead atoms. The number of aromatic nitrogens is 2. The Morgan fingerprint density at radius 3 is 2.79 bits per heavy atom. The lowest BCUT2D eigenvalue weighted by atomic mass is 10.1. The largest absolute Gasteiger partial charge is 0.331 e. The average molecular weight is 195 g/mol. The minimum atomic E-state index is 0.462. The van der Waals surface area contributed by atoms with Crippen LogP contribution < -0.4 is 5.32 Å². The van der Waals surface area contributed by atoms with Crippen LogP contribution in [-0.4, -0.2) is 22.6 Å². The van der Waals surface area contributed by atoms with E-state index in [0.717, 1.165) is 12.8 Å². The van der Waals surface area contributed by atoms with Gasteiger partial charge >= 0.3 is 0 Å². The van der Waals surface area contributed by atoms with E-state index in [9.17, 15) is 0 Å². The van der Waals surface area contributed by atoms with E-state index in [-0.39, 0.29) is 0 Å². The highest BCUT2D eigenvalue weighted by atomic mass is 15.1. The molecular weight excluding hydrogens is 174 g/mol. The lowest BCUT2D eigenvalue weighted by Gasteiger charge is -2.22. The Morgan fingerprint density at radius 2 is 2.21 bits per heavy atom. The van der Waals surface area contributed by atoms with Gasteiger partial charge in [0.25, 0.3) is 0 Å². The average Bonchev–Trinajstić information content (AvgIpc) is 2.64. The molecule has 1 N–H and O–H groups in total. The van der Waals surface area contributed by atoms with Crippen molar-refractivity contribution in [3.63, 3.8) is 0 Å². The summed E-state index contributed by atoms with van der Waals surface area (Å²) in [7, 11) is 2.00. The molecule has 0 amide bonds. The summed E-state index contributed by atoms with van der Waals surface area (Å²) in [5.74, 6) is 1.20. The van der Waals surface area contributed by atoms with Crippen molar-refractivity contribution >= 4 is 0 Å². The molecule has 0 saturated heterocycles. The molecule has 2 unspecified atom stereocenters. The van der Waals surface area contributed by atoms with Gasteiger partial charge in [-0.05, 0) is 27.3 Å². The van der Waals surface area contributed by atoms with Gasteiger partial charge < -0.3 is 9.88 Å². The van der Waals surface area contributed by atoms with Crippen LogP contribution >= 0.6 is 0 Å². The minimum absolute atomic E-state index is 0.462. The molecule has 14 heavy (non-hydrogen) atoms. The highest BCUT2D eigenvalue weighted by molar-refractivity contribution is 4.96. The number of hydrogen-bond acceptors (Lipinski definition) is 2. The molecule has 1 aromatic heterocycles. The molecule has 0 saturated carbocycles. The van der Waals surface area contributed by atoms with Gasteiger partial charge in [-0.15, -0.1) is 0 Å². The van der Waals surface area contributed by atoms with E-state index in [1.54, 1.807) is 0 Å². The van der Waals surface area contributed by atoms with E-state index in [2.05, 4.69) is 41.8 Å². The summed E-state index contributed by atoms with van der Waals surface area (Å²) >= 11 is 0. The fraction of sp³-hybridized carbons (Fsp3) is 0.727. The normalized spacial score (nSPS) is 15.4. The topological polar surface area (TPSA) is 29.9 Å². The number of rotatable bonds is 5. The summed E-state index contributed by atoms with van der Waals surface area (Å²) in [4.78, 5) is 4.38. The van der Waals surface area contributed by atoms with Crippen molar-refractivity contribution in [1.29, 1.82) is 0 Å². The molecular formula is C11H21N3. The van der Waals surface area contributed by atoms with Crippen LogP contribution in [0.25, 0.3) is 0 Å². The second-order valence-corrected chi connectivity index (χ2v) is 3.82. The predicted octanol–water partition coefficient (Wildman–Crippen LogP) is 2.00. The van der Waals surface area contributed by atoms with Crippen LogP contribution in [0.3, 0.4) is 0 Å². The maximum atomic E-state index is 4.38. The van der Waals surface area contributed by atoms with Gasteiger partial charge in [0.05, 0.1) is 0 Å². The molecule has 3 nitrogen and oxygen atoms in total. The SMILES string of the molecule is CCCc1nccn1C(C)C(C)NC. The first-order valence-electron chi connectivity index (χ1n) is 5.39. The third-order valence-corrected chi connectivity index (χ3v) is 2.84. The molecule has 1 aromatic rings. The zero-order valence-corrected chi connectivity index (χ0v) is 9.62.